The highest BCUT2D eigenvalue weighted by Gasteiger charge is 2.15. The van der Waals surface area contributed by atoms with Gasteiger partial charge >= 0.3 is 0 Å². The van der Waals surface area contributed by atoms with Crippen molar-refractivity contribution in [2.45, 2.75) is 0 Å². The van der Waals surface area contributed by atoms with E-state index >= 15 is 0 Å². The van der Waals surface area contributed by atoms with Crippen molar-refractivity contribution in [2.24, 2.45) is 0 Å². The molecular formula is C17H11ClFN5. The molecule has 0 saturated heterocycles. The van der Waals surface area contributed by atoms with Crippen molar-refractivity contribution in [1.82, 2.24) is 20.2 Å². The molecule has 5 nitrogen and oxygen atoms in total. The van der Waals surface area contributed by atoms with Crippen LogP contribution >= 0.6 is 11.6 Å². The molecule has 0 atom stereocenters. The van der Waals surface area contributed by atoms with Crippen LogP contribution in [0.4, 0.5) is 10.1 Å². The van der Waals surface area contributed by atoms with Gasteiger partial charge in [-0.25, -0.2) is 14.4 Å². The average Bonchev–Trinajstić information content (AvgIpc) is 3.01. The van der Waals surface area contributed by atoms with Crippen molar-refractivity contribution < 1.29 is 4.39 Å². The van der Waals surface area contributed by atoms with E-state index in [0.717, 1.165) is 11.3 Å². The third-order valence-corrected chi connectivity index (χ3v) is 4.05. The van der Waals surface area contributed by atoms with Gasteiger partial charge in [0.15, 0.2) is 17.3 Å². The first kappa shape index (κ1) is 14.6. The summed E-state index contributed by atoms with van der Waals surface area (Å²) in [6, 6.07) is 12.1. The average molecular weight is 340 g/mol. The number of nitrogens with two attached hydrogens (primary N) is 1. The molecule has 0 bridgehead atoms. The van der Waals surface area contributed by atoms with E-state index in [1.165, 1.54) is 6.07 Å². The second-order valence-corrected chi connectivity index (χ2v) is 5.63. The van der Waals surface area contributed by atoms with Crippen LogP contribution in [-0.4, -0.2) is 20.2 Å². The molecule has 2 aromatic carbocycles. The summed E-state index contributed by atoms with van der Waals surface area (Å²) >= 11 is 6.23. The zero-order chi connectivity index (χ0) is 16.7. The molecule has 2 aromatic heterocycles. The Morgan fingerprint density at radius 3 is 2.67 bits per heavy atom. The van der Waals surface area contributed by atoms with E-state index in [0.29, 0.717) is 16.1 Å². The highest BCUT2D eigenvalue weighted by molar-refractivity contribution is 6.33. The van der Waals surface area contributed by atoms with Crippen molar-refractivity contribution in [3.63, 3.8) is 0 Å². The number of hydrogen-bond acceptors (Lipinski definition) is 4. The van der Waals surface area contributed by atoms with Gasteiger partial charge in [0.2, 0.25) is 0 Å². The van der Waals surface area contributed by atoms with Crippen LogP contribution in [0.2, 0.25) is 5.02 Å². The minimum Gasteiger partial charge on any atom is -0.396 e. The fourth-order valence-corrected chi connectivity index (χ4v) is 2.76. The van der Waals surface area contributed by atoms with E-state index in [2.05, 4.69) is 20.2 Å². The lowest BCUT2D eigenvalue weighted by molar-refractivity contribution is 0.634. The number of hydrogen-bond donors (Lipinski definition) is 2. The second-order valence-electron chi connectivity index (χ2n) is 5.22. The molecular weight excluding hydrogens is 329 g/mol. The quantitative estimate of drug-likeness (QED) is 0.540. The third-order valence-electron chi connectivity index (χ3n) is 3.72. The molecule has 2 heterocycles. The Labute approximate surface area is 141 Å². The molecule has 7 heteroatoms. The van der Waals surface area contributed by atoms with Crippen LogP contribution in [0.1, 0.15) is 0 Å². The summed E-state index contributed by atoms with van der Waals surface area (Å²) in [7, 11) is 0. The molecule has 118 valence electrons. The normalized spacial score (nSPS) is 11.1. The summed E-state index contributed by atoms with van der Waals surface area (Å²) < 4.78 is 14.2. The molecule has 24 heavy (non-hydrogen) atoms. The number of benzene rings is 2. The molecule has 0 aliphatic carbocycles. The minimum absolute atomic E-state index is 0.0509. The highest BCUT2D eigenvalue weighted by Crippen LogP contribution is 2.32. The Bertz CT molecular complexity index is 1060. The number of nitrogen functional groups attached to an aromatic ring is 1. The zero-order valence-corrected chi connectivity index (χ0v) is 13.0. The third kappa shape index (κ3) is 2.28. The van der Waals surface area contributed by atoms with Crippen LogP contribution in [-0.2, 0) is 0 Å². The van der Waals surface area contributed by atoms with Crippen molar-refractivity contribution in [3.05, 3.63) is 59.5 Å². The van der Waals surface area contributed by atoms with Crippen LogP contribution in [0.25, 0.3) is 33.7 Å². The maximum atomic E-state index is 14.2. The maximum absolute atomic E-state index is 14.2. The largest absolute Gasteiger partial charge is 0.396 e. The van der Waals surface area contributed by atoms with E-state index in [9.17, 15) is 4.39 Å². The van der Waals surface area contributed by atoms with Crippen molar-refractivity contribution >= 4 is 28.3 Å². The van der Waals surface area contributed by atoms with Gasteiger partial charge in [0.05, 0.1) is 22.3 Å². The van der Waals surface area contributed by atoms with Crippen LogP contribution in [0.15, 0.2) is 48.7 Å². The smallest absolute Gasteiger partial charge is 0.185 e. The zero-order valence-electron chi connectivity index (χ0n) is 12.3. The number of rotatable bonds is 2. The van der Waals surface area contributed by atoms with Gasteiger partial charge in [0.1, 0.15) is 0 Å². The van der Waals surface area contributed by atoms with E-state index in [1.807, 2.05) is 18.2 Å². The van der Waals surface area contributed by atoms with Crippen LogP contribution < -0.4 is 5.73 Å². The molecule has 0 aliphatic rings. The predicted molar refractivity (Wildman–Crippen MR) is 91.9 cm³/mol. The van der Waals surface area contributed by atoms with Gasteiger partial charge in [0.25, 0.3) is 0 Å². The van der Waals surface area contributed by atoms with Crippen molar-refractivity contribution in [1.29, 1.82) is 0 Å². The number of halogens is 2. The minimum atomic E-state index is -0.543. The van der Waals surface area contributed by atoms with E-state index in [1.54, 1.807) is 24.4 Å². The Hall–Kier alpha value is -2.99. The Kier molecular flexibility index (Phi) is 3.39. The van der Waals surface area contributed by atoms with Gasteiger partial charge in [0, 0.05) is 16.8 Å². The first-order valence-corrected chi connectivity index (χ1v) is 7.53. The fraction of sp³-hybridized carbons (Fsp3) is 0. The molecule has 4 rings (SSSR count). The van der Waals surface area contributed by atoms with E-state index < -0.39 is 5.82 Å². The van der Waals surface area contributed by atoms with Crippen LogP contribution in [0, 0.1) is 5.82 Å². The number of aromatic amines is 1. The fourth-order valence-electron chi connectivity index (χ4n) is 2.53. The Morgan fingerprint density at radius 1 is 1.04 bits per heavy atom. The Morgan fingerprint density at radius 2 is 1.83 bits per heavy atom. The summed E-state index contributed by atoms with van der Waals surface area (Å²) in [5.41, 5.74) is 7.83. The number of nitrogens with one attached hydrogen (secondary N) is 1. The molecule has 0 fully saturated rings. The standard InChI is InChI=1S/C17H11ClFN5/c18-12-6-2-1-4-9(12)15-11-8-21-16(22-17(11)24-23-15)10-5-3-7-13(20)14(10)19/h1-8H,20H2,(H,21,22,23,24). The van der Waals surface area contributed by atoms with Gasteiger partial charge in [-0.3, -0.25) is 5.10 Å². The summed E-state index contributed by atoms with van der Waals surface area (Å²) in [5, 5.41) is 8.40. The number of nitrogens with zero attached hydrogens (tertiary/aromatic N) is 3. The number of anilines is 1. The maximum Gasteiger partial charge on any atom is 0.185 e. The lowest BCUT2D eigenvalue weighted by atomic mass is 10.1. The van der Waals surface area contributed by atoms with E-state index in [4.69, 9.17) is 17.3 Å². The predicted octanol–water partition coefficient (Wildman–Crippen LogP) is 4.06. The van der Waals surface area contributed by atoms with E-state index in [-0.39, 0.29) is 17.1 Å². The lowest BCUT2D eigenvalue weighted by Crippen LogP contribution is -1.96. The first-order valence-electron chi connectivity index (χ1n) is 7.15. The van der Waals surface area contributed by atoms with Gasteiger partial charge in [-0.05, 0) is 18.2 Å². The summed E-state index contributed by atoms with van der Waals surface area (Å²) in [6.07, 6.45) is 1.60. The summed E-state index contributed by atoms with van der Waals surface area (Å²) in [5.74, 6) is -0.316. The van der Waals surface area contributed by atoms with Gasteiger partial charge in [-0.15, -0.1) is 0 Å². The topological polar surface area (TPSA) is 80.5 Å². The Balaban J connectivity index is 1.87. The lowest BCUT2D eigenvalue weighted by Gasteiger charge is -2.04. The van der Waals surface area contributed by atoms with Crippen LogP contribution in [0.3, 0.4) is 0 Å². The molecule has 0 spiro atoms. The number of H-pyrrole nitrogens is 1. The molecule has 0 saturated carbocycles. The van der Waals surface area contributed by atoms with Crippen LogP contribution in [0.5, 0.6) is 0 Å². The summed E-state index contributed by atoms with van der Waals surface area (Å²) in [4.78, 5) is 8.59. The SMILES string of the molecule is Nc1cccc(-c2ncc3c(-c4ccccc4Cl)[nH]nc3n2)c1F. The molecule has 0 radical (unpaired) electrons. The van der Waals surface area contributed by atoms with Crippen molar-refractivity contribution in [2.75, 3.05) is 5.73 Å². The molecule has 4 aromatic rings. The van der Waals surface area contributed by atoms with Crippen molar-refractivity contribution in [3.8, 4) is 22.6 Å². The first-order chi connectivity index (χ1) is 11.6. The molecule has 0 aliphatic heterocycles. The summed E-state index contributed by atoms with van der Waals surface area (Å²) in [6.45, 7) is 0. The highest BCUT2D eigenvalue weighted by atomic mass is 35.5. The molecule has 0 unspecified atom stereocenters. The number of aromatic nitrogens is 4. The second kappa shape index (κ2) is 5.58. The van der Waals surface area contributed by atoms with Gasteiger partial charge in [-0.1, -0.05) is 35.9 Å². The van der Waals surface area contributed by atoms with Gasteiger partial charge in [-0.2, -0.15) is 5.10 Å². The number of fused-ring (bicyclic) bond motifs is 1. The monoisotopic (exact) mass is 339 g/mol. The van der Waals surface area contributed by atoms with Gasteiger partial charge < -0.3 is 5.73 Å². The molecule has 0 amide bonds. The molecule has 3 N–H and O–H groups in total.